The molecular weight excluding hydrogens is 260 g/mol. The molecular formula is C14H18N2O4. The molecule has 0 radical (unpaired) electrons. The summed E-state index contributed by atoms with van der Waals surface area (Å²) in [7, 11) is 0. The number of carboxylic acid groups (broad SMARTS) is 1. The Morgan fingerprint density at radius 3 is 2.60 bits per heavy atom. The maximum absolute atomic E-state index is 11.9. The number of aryl methyl sites for hydroxylation is 1. The van der Waals surface area contributed by atoms with Gasteiger partial charge in [0.25, 0.3) is 0 Å². The fourth-order valence-corrected chi connectivity index (χ4v) is 2.05. The molecule has 2 rings (SSSR count). The fourth-order valence-electron chi connectivity index (χ4n) is 2.05. The molecule has 0 aromatic heterocycles. The number of urea groups is 1. The minimum Gasteiger partial charge on any atom is -0.481 e. The quantitative estimate of drug-likeness (QED) is 0.783. The molecule has 0 saturated carbocycles. The van der Waals surface area contributed by atoms with E-state index in [9.17, 15) is 14.7 Å². The van der Waals surface area contributed by atoms with Crippen LogP contribution in [0.4, 0.5) is 10.5 Å². The van der Waals surface area contributed by atoms with Gasteiger partial charge >= 0.3 is 12.0 Å². The van der Waals surface area contributed by atoms with Crippen molar-refractivity contribution < 1.29 is 19.4 Å². The number of hydrogen-bond donors (Lipinski definition) is 3. The Morgan fingerprint density at radius 2 is 2.00 bits per heavy atom. The van der Waals surface area contributed by atoms with Crippen molar-refractivity contribution >= 4 is 17.7 Å². The first kappa shape index (κ1) is 14.3. The van der Waals surface area contributed by atoms with E-state index in [2.05, 4.69) is 10.6 Å². The Bertz CT molecular complexity index is 514. The molecule has 1 saturated heterocycles. The number of ether oxygens (including phenoxy) is 1. The molecule has 20 heavy (non-hydrogen) atoms. The van der Waals surface area contributed by atoms with Gasteiger partial charge in [0.05, 0.1) is 19.3 Å². The van der Waals surface area contributed by atoms with Crippen molar-refractivity contribution in [3.05, 3.63) is 29.8 Å². The fraction of sp³-hybridized carbons (Fsp3) is 0.429. The summed E-state index contributed by atoms with van der Waals surface area (Å²) < 4.78 is 5.18. The van der Waals surface area contributed by atoms with Crippen molar-refractivity contribution in [2.24, 2.45) is 5.41 Å². The van der Waals surface area contributed by atoms with Crippen molar-refractivity contribution in [1.82, 2.24) is 5.32 Å². The Labute approximate surface area is 117 Å². The smallest absolute Gasteiger partial charge is 0.319 e. The van der Waals surface area contributed by atoms with Crippen LogP contribution in [0.2, 0.25) is 0 Å². The second-order valence-corrected chi connectivity index (χ2v) is 5.25. The van der Waals surface area contributed by atoms with Gasteiger partial charge in [-0.25, -0.2) is 4.79 Å². The van der Waals surface area contributed by atoms with E-state index in [-0.39, 0.29) is 13.2 Å². The van der Waals surface area contributed by atoms with Gasteiger partial charge in [-0.05, 0) is 26.0 Å². The molecule has 2 unspecified atom stereocenters. The van der Waals surface area contributed by atoms with E-state index in [0.29, 0.717) is 5.69 Å². The summed E-state index contributed by atoms with van der Waals surface area (Å²) in [6.45, 7) is 3.82. The average Bonchev–Trinajstić information content (AvgIpc) is 2.75. The van der Waals surface area contributed by atoms with Crippen LogP contribution in [-0.4, -0.2) is 36.4 Å². The second-order valence-electron chi connectivity index (χ2n) is 5.25. The number of hydrogen-bond acceptors (Lipinski definition) is 3. The highest BCUT2D eigenvalue weighted by atomic mass is 16.5. The van der Waals surface area contributed by atoms with Crippen LogP contribution in [0, 0.1) is 12.3 Å². The van der Waals surface area contributed by atoms with Crippen LogP contribution in [0.5, 0.6) is 0 Å². The lowest BCUT2D eigenvalue weighted by Gasteiger charge is -2.25. The van der Waals surface area contributed by atoms with E-state index in [0.717, 1.165) is 5.56 Å². The SMILES string of the molecule is Cc1ccc(NC(=O)NC2COCC2(C)C(=O)O)cc1. The first-order valence-corrected chi connectivity index (χ1v) is 6.37. The van der Waals surface area contributed by atoms with Crippen LogP contribution >= 0.6 is 0 Å². The lowest BCUT2D eigenvalue weighted by molar-refractivity contribution is -0.148. The monoisotopic (exact) mass is 278 g/mol. The molecule has 3 N–H and O–H groups in total. The van der Waals surface area contributed by atoms with Crippen molar-refractivity contribution in [3.8, 4) is 0 Å². The number of nitrogens with one attached hydrogen (secondary N) is 2. The summed E-state index contributed by atoms with van der Waals surface area (Å²) in [5.41, 5.74) is 0.660. The summed E-state index contributed by atoms with van der Waals surface area (Å²) in [6.07, 6.45) is 0. The number of carbonyl (C=O) groups excluding carboxylic acids is 1. The number of amides is 2. The van der Waals surface area contributed by atoms with Crippen LogP contribution in [0.15, 0.2) is 24.3 Å². The number of benzene rings is 1. The van der Waals surface area contributed by atoms with Crippen molar-refractivity contribution in [2.45, 2.75) is 19.9 Å². The lowest BCUT2D eigenvalue weighted by Crippen LogP contribution is -2.50. The summed E-state index contributed by atoms with van der Waals surface area (Å²) >= 11 is 0. The molecule has 2 atom stereocenters. The Kier molecular flexibility index (Phi) is 3.94. The topological polar surface area (TPSA) is 87.7 Å². The van der Waals surface area contributed by atoms with Gasteiger partial charge in [-0.3, -0.25) is 4.79 Å². The van der Waals surface area contributed by atoms with E-state index in [1.54, 1.807) is 19.1 Å². The molecule has 1 aromatic rings. The molecule has 1 aliphatic heterocycles. The third-order valence-corrected chi connectivity index (χ3v) is 3.56. The van der Waals surface area contributed by atoms with Crippen molar-refractivity contribution in [3.63, 3.8) is 0 Å². The number of anilines is 1. The van der Waals surface area contributed by atoms with Gasteiger partial charge in [0.2, 0.25) is 0 Å². The predicted molar refractivity (Wildman–Crippen MR) is 73.7 cm³/mol. The van der Waals surface area contributed by atoms with E-state index in [1.165, 1.54) is 0 Å². The van der Waals surface area contributed by atoms with Crippen LogP contribution in [0.25, 0.3) is 0 Å². The third-order valence-electron chi connectivity index (χ3n) is 3.56. The Hall–Kier alpha value is -2.08. The van der Waals surface area contributed by atoms with Gasteiger partial charge in [-0.1, -0.05) is 17.7 Å². The van der Waals surface area contributed by atoms with E-state index < -0.39 is 23.5 Å². The maximum Gasteiger partial charge on any atom is 0.319 e. The number of carbonyl (C=O) groups is 2. The molecule has 108 valence electrons. The predicted octanol–water partition coefficient (Wildman–Crippen LogP) is 1.61. The molecule has 6 heteroatoms. The Morgan fingerprint density at radius 1 is 1.35 bits per heavy atom. The molecule has 0 spiro atoms. The zero-order chi connectivity index (χ0) is 14.8. The summed E-state index contributed by atoms with van der Waals surface area (Å²) in [5.74, 6) is -0.976. The highest BCUT2D eigenvalue weighted by molar-refractivity contribution is 5.90. The van der Waals surface area contributed by atoms with E-state index in [4.69, 9.17) is 4.74 Å². The van der Waals surface area contributed by atoms with E-state index >= 15 is 0 Å². The summed E-state index contributed by atoms with van der Waals surface area (Å²) in [6, 6.07) is 6.36. The maximum atomic E-state index is 11.9. The molecule has 1 fully saturated rings. The van der Waals surface area contributed by atoms with Gasteiger partial charge in [-0.15, -0.1) is 0 Å². The minimum atomic E-state index is -1.09. The van der Waals surface area contributed by atoms with Gasteiger partial charge in [0, 0.05) is 5.69 Å². The lowest BCUT2D eigenvalue weighted by atomic mass is 9.85. The summed E-state index contributed by atoms with van der Waals surface area (Å²) in [4.78, 5) is 23.2. The molecule has 1 aromatic carbocycles. The van der Waals surface area contributed by atoms with Crippen LogP contribution < -0.4 is 10.6 Å². The number of carboxylic acids is 1. The molecule has 1 aliphatic rings. The third kappa shape index (κ3) is 2.91. The van der Waals surface area contributed by atoms with Crippen LogP contribution in [-0.2, 0) is 9.53 Å². The van der Waals surface area contributed by atoms with E-state index in [1.807, 2.05) is 19.1 Å². The largest absolute Gasteiger partial charge is 0.481 e. The number of aliphatic carboxylic acids is 1. The number of rotatable bonds is 3. The summed E-state index contributed by atoms with van der Waals surface area (Å²) in [5, 5.41) is 14.6. The van der Waals surface area contributed by atoms with Gasteiger partial charge in [0.1, 0.15) is 5.41 Å². The first-order valence-electron chi connectivity index (χ1n) is 6.37. The van der Waals surface area contributed by atoms with Crippen LogP contribution in [0.1, 0.15) is 12.5 Å². The van der Waals surface area contributed by atoms with Gasteiger partial charge in [-0.2, -0.15) is 0 Å². The normalized spacial score (nSPS) is 25.2. The molecule has 1 heterocycles. The zero-order valence-electron chi connectivity index (χ0n) is 11.5. The van der Waals surface area contributed by atoms with Gasteiger partial charge < -0.3 is 20.5 Å². The highest BCUT2D eigenvalue weighted by Crippen LogP contribution is 2.28. The van der Waals surface area contributed by atoms with Crippen molar-refractivity contribution in [2.75, 3.05) is 18.5 Å². The highest BCUT2D eigenvalue weighted by Gasteiger charge is 2.47. The molecule has 0 bridgehead atoms. The molecule has 0 aliphatic carbocycles. The minimum absolute atomic E-state index is 0.0951. The van der Waals surface area contributed by atoms with Crippen LogP contribution in [0.3, 0.4) is 0 Å². The molecule has 2 amide bonds. The zero-order valence-corrected chi connectivity index (χ0v) is 11.5. The Balaban J connectivity index is 1.98. The molecule has 6 nitrogen and oxygen atoms in total. The first-order chi connectivity index (χ1) is 9.41. The standard InChI is InChI=1S/C14H18N2O4/c1-9-3-5-10(6-4-9)15-13(19)16-11-7-20-8-14(11,2)12(17)18/h3-6,11H,7-8H2,1-2H3,(H,17,18)(H2,15,16,19). The average molecular weight is 278 g/mol. The van der Waals surface area contributed by atoms with Gasteiger partial charge in [0.15, 0.2) is 0 Å². The second kappa shape index (κ2) is 5.50. The van der Waals surface area contributed by atoms with Crippen molar-refractivity contribution in [1.29, 1.82) is 0 Å².